The lowest BCUT2D eigenvalue weighted by Crippen LogP contribution is -2.25. The van der Waals surface area contributed by atoms with Gasteiger partial charge in [0, 0.05) is 16.7 Å². The molecule has 0 aliphatic heterocycles. The number of nitrogens with zero attached hydrogens (tertiary/aromatic N) is 1. The Bertz CT molecular complexity index is 563. The summed E-state index contributed by atoms with van der Waals surface area (Å²) in [6.07, 6.45) is 0. The summed E-state index contributed by atoms with van der Waals surface area (Å²) in [4.78, 5) is 3.03. The van der Waals surface area contributed by atoms with E-state index in [1.165, 1.54) is 11.1 Å². The third-order valence-corrected chi connectivity index (χ3v) is 4.82. The summed E-state index contributed by atoms with van der Waals surface area (Å²) in [6, 6.07) is 18.4. The molecule has 0 heterocycles. The lowest BCUT2D eigenvalue weighted by atomic mass is 10.1. The lowest BCUT2D eigenvalue weighted by Gasteiger charge is -2.24. The molecule has 1 unspecified atom stereocenters. The van der Waals surface area contributed by atoms with Crippen molar-refractivity contribution in [3.63, 3.8) is 0 Å². The fraction of sp³-hybridized carbons (Fsp3) is 0.294. The Morgan fingerprint density at radius 3 is 2.15 bits per heavy atom. The topological polar surface area (TPSA) is 20.3 Å². The van der Waals surface area contributed by atoms with E-state index < -0.39 is 10.8 Å². The van der Waals surface area contributed by atoms with Gasteiger partial charge in [0.2, 0.25) is 0 Å². The Hall–Kier alpha value is -1.45. The highest BCUT2D eigenvalue weighted by atomic mass is 32.2. The largest absolute Gasteiger partial charge is 0.301 e. The summed E-state index contributed by atoms with van der Waals surface area (Å²) >= 11 is 0. The molecule has 0 amide bonds. The highest BCUT2D eigenvalue weighted by molar-refractivity contribution is 7.85. The molecule has 0 radical (unpaired) electrons. The molecule has 0 saturated heterocycles. The summed E-state index contributed by atoms with van der Waals surface area (Å²) in [5.41, 5.74) is 2.40. The van der Waals surface area contributed by atoms with Crippen LogP contribution >= 0.6 is 0 Å². The maximum Gasteiger partial charge on any atom is 0.0548 e. The van der Waals surface area contributed by atoms with Crippen molar-refractivity contribution in [2.24, 2.45) is 0 Å². The van der Waals surface area contributed by atoms with Gasteiger partial charge in [-0.05, 0) is 38.7 Å². The first-order chi connectivity index (χ1) is 9.58. The van der Waals surface area contributed by atoms with Crippen molar-refractivity contribution in [3.05, 3.63) is 65.7 Å². The molecular weight excluding hydrogens is 266 g/mol. The smallest absolute Gasteiger partial charge is 0.0548 e. The van der Waals surface area contributed by atoms with Crippen LogP contribution in [-0.4, -0.2) is 29.0 Å². The molecule has 0 N–H and O–H groups in total. The van der Waals surface area contributed by atoms with E-state index in [1.807, 2.05) is 63.5 Å². The average molecular weight is 287 g/mol. The molecular formula is C17H21NOS. The monoisotopic (exact) mass is 287 g/mol. The van der Waals surface area contributed by atoms with E-state index in [1.54, 1.807) is 0 Å². The van der Waals surface area contributed by atoms with Gasteiger partial charge in [-0.15, -0.1) is 0 Å². The molecule has 2 atom stereocenters. The Morgan fingerprint density at radius 2 is 1.60 bits per heavy atom. The molecule has 0 aliphatic rings. The van der Waals surface area contributed by atoms with Crippen molar-refractivity contribution in [1.82, 2.24) is 4.90 Å². The summed E-state index contributed by atoms with van der Waals surface area (Å²) in [5, 5.41) is 0. The van der Waals surface area contributed by atoms with E-state index in [9.17, 15) is 4.21 Å². The first-order valence-electron chi connectivity index (χ1n) is 6.74. The molecule has 3 heteroatoms. The van der Waals surface area contributed by atoms with E-state index in [0.29, 0.717) is 5.75 Å². The molecule has 2 aromatic carbocycles. The van der Waals surface area contributed by atoms with Crippen LogP contribution in [-0.2, 0) is 10.8 Å². The third-order valence-electron chi connectivity index (χ3n) is 3.40. The number of benzene rings is 2. The Balaban J connectivity index is 2.17. The second-order valence-electron chi connectivity index (χ2n) is 5.22. The van der Waals surface area contributed by atoms with E-state index in [0.717, 1.165) is 4.90 Å². The molecule has 2 rings (SSSR count). The SMILES string of the molecule is Cc1ccc(S(=O)C[C@@H](c2ccccc2)N(C)C)cc1. The molecule has 0 aromatic heterocycles. The van der Waals surface area contributed by atoms with E-state index in [-0.39, 0.29) is 6.04 Å². The zero-order valence-electron chi connectivity index (χ0n) is 12.2. The van der Waals surface area contributed by atoms with Crippen molar-refractivity contribution in [1.29, 1.82) is 0 Å². The van der Waals surface area contributed by atoms with Crippen molar-refractivity contribution < 1.29 is 4.21 Å². The first kappa shape index (κ1) is 14.9. The molecule has 106 valence electrons. The molecule has 2 aromatic rings. The van der Waals surface area contributed by atoms with Gasteiger partial charge in [0.05, 0.1) is 10.8 Å². The molecule has 0 saturated carbocycles. The third kappa shape index (κ3) is 3.78. The van der Waals surface area contributed by atoms with Crippen LogP contribution < -0.4 is 0 Å². The van der Waals surface area contributed by atoms with Crippen molar-refractivity contribution in [2.45, 2.75) is 17.9 Å². The fourth-order valence-electron chi connectivity index (χ4n) is 2.15. The lowest BCUT2D eigenvalue weighted by molar-refractivity contribution is 0.324. The molecule has 0 fully saturated rings. The van der Waals surface area contributed by atoms with Gasteiger partial charge in [-0.1, -0.05) is 48.0 Å². The summed E-state index contributed by atoms with van der Waals surface area (Å²) in [7, 11) is 3.08. The van der Waals surface area contributed by atoms with Crippen LogP contribution in [0, 0.1) is 6.92 Å². The Kier molecular flexibility index (Phi) is 5.10. The standard InChI is InChI=1S/C17H21NOS/c1-14-9-11-16(12-10-14)20(19)13-17(18(2)3)15-7-5-4-6-8-15/h4-12,17H,13H2,1-3H3/t17-,20?/m0/s1. The van der Waals surface area contributed by atoms with Gasteiger partial charge in [0.25, 0.3) is 0 Å². The number of hydrogen-bond acceptors (Lipinski definition) is 2. The Labute approximate surface area is 123 Å². The second-order valence-corrected chi connectivity index (χ2v) is 6.71. The van der Waals surface area contributed by atoms with Gasteiger partial charge >= 0.3 is 0 Å². The van der Waals surface area contributed by atoms with Gasteiger partial charge in [-0.2, -0.15) is 0 Å². The van der Waals surface area contributed by atoms with Gasteiger partial charge in [-0.3, -0.25) is 4.21 Å². The van der Waals surface area contributed by atoms with Crippen LogP contribution in [0.25, 0.3) is 0 Å². The van der Waals surface area contributed by atoms with E-state index >= 15 is 0 Å². The summed E-state index contributed by atoms with van der Waals surface area (Å²) < 4.78 is 12.5. The quantitative estimate of drug-likeness (QED) is 0.840. The highest BCUT2D eigenvalue weighted by Gasteiger charge is 2.18. The van der Waals surface area contributed by atoms with E-state index in [4.69, 9.17) is 0 Å². The number of hydrogen-bond donors (Lipinski definition) is 0. The maximum absolute atomic E-state index is 12.5. The zero-order chi connectivity index (χ0) is 14.5. The molecule has 0 aliphatic carbocycles. The fourth-order valence-corrected chi connectivity index (χ4v) is 3.56. The summed E-state index contributed by atoms with van der Waals surface area (Å²) in [5.74, 6) is 0.611. The van der Waals surface area contributed by atoms with Crippen molar-refractivity contribution in [3.8, 4) is 0 Å². The maximum atomic E-state index is 12.5. The predicted molar refractivity (Wildman–Crippen MR) is 85.3 cm³/mol. The van der Waals surface area contributed by atoms with Crippen molar-refractivity contribution >= 4 is 10.8 Å². The van der Waals surface area contributed by atoms with Crippen molar-refractivity contribution in [2.75, 3.05) is 19.8 Å². The minimum absolute atomic E-state index is 0.165. The zero-order valence-corrected chi connectivity index (χ0v) is 13.1. The second kappa shape index (κ2) is 6.82. The molecule has 20 heavy (non-hydrogen) atoms. The van der Waals surface area contributed by atoms with Crippen LogP contribution in [0.15, 0.2) is 59.5 Å². The van der Waals surface area contributed by atoms with Crippen LogP contribution in [0.5, 0.6) is 0 Å². The molecule has 0 bridgehead atoms. The summed E-state index contributed by atoms with van der Waals surface area (Å²) in [6.45, 7) is 2.04. The number of aryl methyl sites for hydroxylation is 1. The molecule has 0 spiro atoms. The Morgan fingerprint density at radius 1 is 1.00 bits per heavy atom. The van der Waals surface area contributed by atoms with E-state index in [2.05, 4.69) is 17.0 Å². The minimum Gasteiger partial charge on any atom is -0.301 e. The molecule has 2 nitrogen and oxygen atoms in total. The predicted octanol–water partition coefficient (Wildman–Crippen LogP) is 3.41. The van der Waals surface area contributed by atoms with Gasteiger partial charge in [0.15, 0.2) is 0 Å². The normalized spacial score (nSPS) is 14.2. The van der Waals surface area contributed by atoms with Crippen LogP contribution in [0.2, 0.25) is 0 Å². The highest BCUT2D eigenvalue weighted by Crippen LogP contribution is 2.21. The first-order valence-corrected chi connectivity index (χ1v) is 8.06. The van der Waals surface area contributed by atoms with Gasteiger partial charge in [0.1, 0.15) is 0 Å². The minimum atomic E-state index is -0.984. The van der Waals surface area contributed by atoms with Crippen LogP contribution in [0.3, 0.4) is 0 Å². The number of rotatable bonds is 5. The average Bonchev–Trinajstić information content (AvgIpc) is 2.46. The van der Waals surface area contributed by atoms with Crippen LogP contribution in [0.4, 0.5) is 0 Å². The van der Waals surface area contributed by atoms with Gasteiger partial charge < -0.3 is 4.90 Å². The van der Waals surface area contributed by atoms with Gasteiger partial charge in [-0.25, -0.2) is 0 Å². The van der Waals surface area contributed by atoms with Crippen LogP contribution in [0.1, 0.15) is 17.2 Å².